The highest BCUT2D eigenvalue weighted by molar-refractivity contribution is 7.99. The minimum Gasteiger partial charge on any atom is -0.354 e. The van der Waals surface area contributed by atoms with Gasteiger partial charge in [0.2, 0.25) is 5.91 Å². The lowest BCUT2D eigenvalue weighted by molar-refractivity contribution is -0.119. The molecule has 1 aliphatic carbocycles. The van der Waals surface area contributed by atoms with Crippen LogP contribution in [-0.4, -0.2) is 38.4 Å². The van der Waals surface area contributed by atoms with Crippen molar-refractivity contribution < 1.29 is 17.6 Å². The molecule has 0 radical (unpaired) electrons. The summed E-state index contributed by atoms with van der Waals surface area (Å²) in [5.74, 6) is -0.0323. The summed E-state index contributed by atoms with van der Waals surface area (Å²) >= 11 is 2.95. The molecule has 29 heavy (non-hydrogen) atoms. The molecule has 5 nitrogen and oxygen atoms in total. The fraction of sp³-hybridized carbons (Fsp3) is 0.450. The molecule has 0 spiro atoms. The van der Waals surface area contributed by atoms with Gasteiger partial charge in [0.15, 0.2) is 0 Å². The van der Waals surface area contributed by atoms with Gasteiger partial charge in [0.1, 0.15) is 16.6 Å². The molecule has 1 aliphatic rings. The van der Waals surface area contributed by atoms with Crippen LogP contribution in [0.25, 0.3) is 0 Å². The summed E-state index contributed by atoms with van der Waals surface area (Å²) in [6.07, 6.45) is 6.33. The highest BCUT2D eigenvalue weighted by Gasteiger charge is 2.28. The molecule has 1 amide bonds. The van der Waals surface area contributed by atoms with Crippen molar-refractivity contribution in [1.29, 1.82) is 0 Å². The van der Waals surface area contributed by atoms with Crippen LogP contribution < -0.4 is 9.62 Å². The van der Waals surface area contributed by atoms with Gasteiger partial charge in [-0.2, -0.15) is 11.8 Å². The van der Waals surface area contributed by atoms with Crippen molar-refractivity contribution >= 4 is 44.7 Å². The van der Waals surface area contributed by atoms with Gasteiger partial charge in [-0.3, -0.25) is 9.10 Å². The standard InChI is InChI=1S/C20H25FN2O3S3/c21-16-8-10-17(11-9-16)23(29(25,26)20-7-4-13-28-20)15-19(24)22-12-14-27-18-5-2-1-3-6-18/h4,7-11,13,18H,1-3,5-6,12,14-15H2,(H,22,24). The third-order valence-electron chi connectivity index (χ3n) is 4.77. The van der Waals surface area contributed by atoms with E-state index >= 15 is 0 Å². The smallest absolute Gasteiger partial charge is 0.274 e. The van der Waals surface area contributed by atoms with Crippen LogP contribution in [0.15, 0.2) is 46.0 Å². The maximum absolute atomic E-state index is 13.3. The number of benzene rings is 1. The van der Waals surface area contributed by atoms with E-state index in [9.17, 15) is 17.6 Å². The maximum atomic E-state index is 13.3. The molecule has 0 bridgehead atoms. The van der Waals surface area contributed by atoms with Gasteiger partial charge in [-0.05, 0) is 48.6 Å². The molecule has 0 saturated heterocycles. The van der Waals surface area contributed by atoms with E-state index in [0.717, 1.165) is 21.4 Å². The normalized spacial score (nSPS) is 15.2. The molecule has 1 heterocycles. The second-order valence-electron chi connectivity index (χ2n) is 6.90. The summed E-state index contributed by atoms with van der Waals surface area (Å²) in [7, 11) is -3.90. The second kappa shape index (κ2) is 10.4. The van der Waals surface area contributed by atoms with E-state index in [4.69, 9.17) is 0 Å². The molecule has 1 N–H and O–H groups in total. The highest BCUT2D eigenvalue weighted by atomic mass is 32.2. The predicted molar refractivity (Wildman–Crippen MR) is 118 cm³/mol. The zero-order valence-corrected chi connectivity index (χ0v) is 18.5. The molecule has 2 aromatic rings. The summed E-state index contributed by atoms with van der Waals surface area (Å²) in [4.78, 5) is 12.5. The average Bonchev–Trinajstić information content (AvgIpc) is 3.27. The lowest BCUT2D eigenvalue weighted by Crippen LogP contribution is -2.41. The fourth-order valence-electron chi connectivity index (χ4n) is 3.28. The van der Waals surface area contributed by atoms with E-state index in [0.29, 0.717) is 11.8 Å². The van der Waals surface area contributed by atoms with Gasteiger partial charge in [-0.1, -0.05) is 25.3 Å². The van der Waals surface area contributed by atoms with Gasteiger partial charge in [0.25, 0.3) is 10.0 Å². The number of thiophene rings is 1. The van der Waals surface area contributed by atoms with Crippen molar-refractivity contribution in [1.82, 2.24) is 5.32 Å². The van der Waals surface area contributed by atoms with Crippen molar-refractivity contribution in [2.24, 2.45) is 0 Å². The number of nitrogens with zero attached hydrogens (tertiary/aromatic N) is 1. The molecular formula is C20H25FN2O3S3. The van der Waals surface area contributed by atoms with Crippen molar-refractivity contribution in [3.63, 3.8) is 0 Å². The van der Waals surface area contributed by atoms with Crippen LogP contribution in [-0.2, 0) is 14.8 Å². The van der Waals surface area contributed by atoms with Crippen LogP contribution >= 0.6 is 23.1 Å². The third kappa shape index (κ3) is 6.20. The van der Waals surface area contributed by atoms with Crippen LogP contribution in [0.3, 0.4) is 0 Å². The third-order valence-corrected chi connectivity index (χ3v) is 9.30. The van der Waals surface area contributed by atoms with Crippen molar-refractivity contribution in [3.05, 3.63) is 47.6 Å². The first kappa shape index (κ1) is 22.1. The monoisotopic (exact) mass is 456 g/mol. The summed E-state index contributed by atoms with van der Waals surface area (Å²) in [6.45, 7) is 0.149. The van der Waals surface area contributed by atoms with Gasteiger partial charge in [0, 0.05) is 17.5 Å². The van der Waals surface area contributed by atoms with Crippen LogP contribution in [0.1, 0.15) is 32.1 Å². The molecule has 1 aromatic heterocycles. The Kier molecular flexibility index (Phi) is 7.97. The van der Waals surface area contributed by atoms with Gasteiger partial charge >= 0.3 is 0 Å². The van der Waals surface area contributed by atoms with Gasteiger partial charge in [0.05, 0.1) is 5.69 Å². The summed E-state index contributed by atoms with van der Waals surface area (Å²) < 4.78 is 40.5. The molecular weight excluding hydrogens is 431 g/mol. The van der Waals surface area contributed by atoms with Crippen LogP contribution in [0.4, 0.5) is 10.1 Å². The van der Waals surface area contributed by atoms with E-state index in [1.54, 1.807) is 11.4 Å². The van der Waals surface area contributed by atoms with Crippen molar-refractivity contribution in [3.8, 4) is 0 Å². The topological polar surface area (TPSA) is 66.5 Å². The SMILES string of the molecule is O=C(CN(c1ccc(F)cc1)S(=O)(=O)c1cccs1)NCCSC1CCCCC1. The second-order valence-corrected chi connectivity index (χ2v) is 11.3. The predicted octanol–water partition coefficient (Wildman–Crippen LogP) is 4.26. The zero-order chi connectivity index (χ0) is 20.7. The Balaban J connectivity index is 1.62. The molecule has 9 heteroatoms. The van der Waals surface area contributed by atoms with Gasteiger partial charge < -0.3 is 5.32 Å². The number of hydrogen-bond donors (Lipinski definition) is 1. The fourth-order valence-corrected chi connectivity index (χ4v) is 7.02. The molecule has 1 aromatic carbocycles. The molecule has 0 unspecified atom stereocenters. The van der Waals surface area contributed by atoms with Crippen LogP contribution in [0.5, 0.6) is 0 Å². The summed E-state index contributed by atoms with van der Waals surface area (Å²) in [5, 5.41) is 5.14. The molecule has 3 rings (SSSR count). The van der Waals surface area contributed by atoms with Crippen LogP contribution in [0, 0.1) is 5.82 Å². The van der Waals surface area contributed by atoms with Gasteiger partial charge in [-0.25, -0.2) is 12.8 Å². The number of carbonyl (C=O) groups excluding carboxylic acids is 1. The molecule has 0 atom stereocenters. The first-order valence-electron chi connectivity index (χ1n) is 9.67. The minimum atomic E-state index is -3.90. The number of amides is 1. The molecule has 0 aliphatic heterocycles. The largest absolute Gasteiger partial charge is 0.354 e. The van der Waals surface area contributed by atoms with Crippen molar-refractivity contribution in [2.75, 3.05) is 23.1 Å². The number of nitrogens with one attached hydrogen (secondary N) is 1. The lowest BCUT2D eigenvalue weighted by Gasteiger charge is -2.23. The number of rotatable bonds is 9. The number of anilines is 1. The Morgan fingerprint density at radius 2 is 1.90 bits per heavy atom. The first-order chi connectivity index (χ1) is 14.0. The van der Waals surface area contributed by atoms with E-state index in [1.807, 2.05) is 11.8 Å². The molecule has 1 fully saturated rings. The number of sulfonamides is 1. The van der Waals surface area contributed by atoms with E-state index in [1.165, 1.54) is 62.4 Å². The zero-order valence-electron chi connectivity index (χ0n) is 16.1. The lowest BCUT2D eigenvalue weighted by atomic mass is 10.0. The summed E-state index contributed by atoms with van der Waals surface area (Å²) in [5.41, 5.74) is 0.256. The Bertz CT molecular complexity index is 880. The first-order valence-corrected chi connectivity index (χ1v) is 13.0. The average molecular weight is 457 g/mol. The molecule has 1 saturated carbocycles. The summed E-state index contributed by atoms with van der Waals surface area (Å²) in [6, 6.07) is 8.24. The number of carbonyl (C=O) groups is 1. The van der Waals surface area contributed by atoms with E-state index in [2.05, 4.69) is 5.32 Å². The Hall–Kier alpha value is -1.58. The Labute approximate surface area is 179 Å². The quantitative estimate of drug-likeness (QED) is 0.573. The van der Waals surface area contributed by atoms with E-state index < -0.39 is 15.8 Å². The minimum absolute atomic E-state index is 0.141. The Morgan fingerprint density at radius 3 is 2.55 bits per heavy atom. The number of thioether (sulfide) groups is 1. The number of halogens is 1. The Morgan fingerprint density at radius 1 is 1.17 bits per heavy atom. The maximum Gasteiger partial charge on any atom is 0.274 e. The van der Waals surface area contributed by atoms with Crippen LogP contribution in [0.2, 0.25) is 0 Å². The molecule has 158 valence electrons. The number of hydrogen-bond acceptors (Lipinski definition) is 5. The van der Waals surface area contributed by atoms with Gasteiger partial charge in [-0.15, -0.1) is 11.3 Å². The van der Waals surface area contributed by atoms with Crippen molar-refractivity contribution in [2.45, 2.75) is 41.6 Å². The van der Waals surface area contributed by atoms with E-state index in [-0.39, 0.29) is 22.3 Å². The highest BCUT2D eigenvalue weighted by Crippen LogP contribution is 2.28.